The lowest BCUT2D eigenvalue weighted by atomic mass is 10.2. The summed E-state index contributed by atoms with van der Waals surface area (Å²) in [5.41, 5.74) is 1.14. The fraction of sp³-hybridized carbons (Fsp3) is 0.562. The van der Waals surface area contributed by atoms with Crippen molar-refractivity contribution in [2.45, 2.75) is 52.3 Å². The fourth-order valence-electron chi connectivity index (χ4n) is 2.06. The van der Waals surface area contributed by atoms with Gasteiger partial charge in [0.25, 0.3) is 5.91 Å². The number of hydrogen-bond donors (Lipinski definition) is 2. The summed E-state index contributed by atoms with van der Waals surface area (Å²) in [5.74, 6) is 0.661. The first-order valence-corrected chi connectivity index (χ1v) is 7.27. The highest BCUT2D eigenvalue weighted by molar-refractivity contribution is 5.80. The molecule has 0 fully saturated rings. The Kier molecular flexibility index (Phi) is 7.09. The molecule has 112 valence electrons. The third kappa shape index (κ3) is 5.61. The summed E-state index contributed by atoms with van der Waals surface area (Å²) in [6, 6.07) is 7.98. The zero-order valence-corrected chi connectivity index (χ0v) is 12.9. The van der Waals surface area contributed by atoms with Crippen LogP contribution in [0.2, 0.25) is 0 Å². The largest absolute Gasteiger partial charge is 0.481 e. The van der Waals surface area contributed by atoms with E-state index in [1.165, 1.54) is 0 Å². The quantitative estimate of drug-likeness (QED) is 0.768. The van der Waals surface area contributed by atoms with Crippen molar-refractivity contribution < 1.29 is 9.53 Å². The van der Waals surface area contributed by atoms with E-state index in [0.717, 1.165) is 30.7 Å². The monoisotopic (exact) mass is 278 g/mol. The molecule has 2 unspecified atom stereocenters. The van der Waals surface area contributed by atoms with Gasteiger partial charge in [0, 0.05) is 12.6 Å². The van der Waals surface area contributed by atoms with E-state index in [4.69, 9.17) is 4.74 Å². The van der Waals surface area contributed by atoms with E-state index in [1.807, 2.05) is 38.2 Å². The lowest BCUT2D eigenvalue weighted by Crippen LogP contribution is -2.41. The molecule has 0 aliphatic heterocycles. The number of benzene rings is 1. The van der Waals surface area contributed by atoms with Gasteiger partial charge in [0.1, 0.15) is 5.75 Å². The van der Waals surface area contributed by atoms with Crippen molar-refractivity contribution >= 4 is 5.91 Å². The average Bonchev–Trinajstić information content (AvgIpc) is 2.39. The van der Waals surface area contributed by atoms with Crippen molar-refractivity contribution in [2.24, 2.45) is 0 Å². The molecule has 1 amide bonds. The van der Waals surface area contributed by atoms with Gasteiger partial charge in [0.2, 0.25) is 0 Å². The summed E-state index contributed by atoms with van der Waals surface area (Å²) in [5, 5.41) is 6.06. The van der Waals surface area contributed by atoms with Gasteiger partial charge >= 0.3 is 0 Å². The molecule has 1 aromatic carbocycles. The number of nitrogens with one attached hydrogen (secondary N) is 2. The number of carbonyl (C=O) groups is 1. The van der Waals surface area contributed by atoms with Crippen LogP contribution in [0.15, 0.2) is 24.3 Å². The lowest BCUT2D eigenvalue weighted by Gasteiger charge is -2.18. The van der Waals surface area contributed by atoms with E-state index >= 15 is 0 Å². The van der Waals surface area contributed by atoms with Gasteiger partial charge in [0.05, 0.1) is 0 Å². The van der Waals surface area contributed by atoms with E-state index in [-0.39, 0.29) is 11.9 Å². The van der Waals surface area contributed by atoms with Crippen molar-refractivity contribution in [2.75, 3.05) is 7.05 Å². The molecule has 2 N–H and O–H groups in total. The molecule has 1 aromatic rings. The molecule has 0 aliphatic carbocycles. The Bertz CT molecular complexity index is 421. The van der Waals surface area contributed by atoms with Gasteiger partial charge in [0.15, 0.2) is 6.10 Å². The molecule has 2 atom stereocenters. The topological polar surface area (TPSA) is 50.4 Å². The van der Waals surface area contributed by atoms with Gasteiger partial charge in [-0.3, -0.25) is 4.79 Å². The van der Waals surface area contributed by atoms with Crippen molar-refractivity contribution in [1.82, 2.24) is 10.6 Å². The first-order chi connectivity index (χ1) is 9.56. The third-order valence-electron chi connectivity index (χ3n) is 3.07. The smallest absolute Gasteiger partial charge is 0.260 e. The maximum Gasteiger partial charge on any atom is 0.260 e. The van der Waals surface area contributed by atoms with Crippen LogP contribution in [-0.2, 0) is 11.3 Å². The van der Waals surface area contributed by atoms with Crippen LogP contribution in [0.25, 0.3) is 0 Å². The van der Waals surface area contributed by atoms with Crippen LogP contribution in [0.4, 0.5) is 0 Å². The Labute approximate surface area is 121 Å². The lowest BCUT2D eigenvalue weighted by molar-refractivity contribution is -0.127. The van der Waals surface area contributed by atoms with Crippen LogP contribution in [0.1, 0.15) is 39.2 Å². The predicted octanol–water partition coefficient (Wildman–Crippen LogP) is 2.48. The number of rotatable bonds is 8. The SMILES string of the molecule is CCCC(C)NC(=O)C(C)Oc1cccc(CNC)c1. The number of amides is 1. The predicted molar refractivity (Wildman–Crippen MR) is 81.8 cm³/mol. The van der Waals surface area contributed by atoms with Crippen LogP contribution in [0.5, 0.6) is 5.75 Å². The molecule has 20 heavy (non-hydrogen) atoms. The Morgan fingerprint density at radius 2 is 2.10 bits per heavy atom. The summed E-state index contributed by atoms with van der Waals surface area (Å²) in [7, 11) is 1.90. The van der Waals surface area contributed by atoms with Crippen LogP contribution in [0, 0.1) is 0 Å². The zero-order valence-electron chi connectivity index (χ0n) is 12.9. The van der Waals surface area contributed by atoms with Gasteiger partial charge in [-0.15, -0.1) is 0 Å². The highest BCUT2D eigenvalue weighted by Crippen LogP contribution is 2.15. The molecule has 0 aliphatic rings. The molecular formula is C16H26N2O2. The third-order valence-corrected chi connectivity index (χ3v) is 3.07. The first kappa shape index (κ1) is 16.5. The molecule has 0 radical (unpaired) electrons. The number of hydrogen-bond acceptors (Lipinski definition) is 3. The standard InChI is InChI=1S/C16H26N2O2/c1-5-7-12(2)18-16(19)13(3)20-15-9-6-8-14(10-15)11-17-4/h6,8-10,12-13,17H,5,7,11H2,1-4H3,(H,18,19). The Balaban J connectivity index is 2.54. The maximum atomic E-state index is 12.0. The van der Waals surface area contributed by atoms with Crippen molar-refractivity contribution in [3.8, 4) is 5.75 Å². The molecule has 0 heterocycles. The van der Waals surface area contributed by atoms with Crippen molar-refractivity contribution in [1.29, 1.82) is 0 Å². The second-order valence-electron chi connectivity index (χ2n) is 5.14. The Hall–Kier alpha value is -1.55. The van der Waals surface area contributed by atoms with Crippen LogP contribution < -0.4 is 15.4 Å². The minimum absolute atomic E-state index is 0.0648. The fourth-order valence-corrected chi connectivity index (χ4v) is 2.06. The van der Waals surface area contributed by atoms with Gasteiger partial charge in [-0.2, -0.15) is 0 Å². The second kappa shape index (κ2) is 8.59. The van der Waals surface area contributed by atoms with E-state index in [1.54, 1.807) is 6.92 Å². The summed E-state index contributed by atoms with van der Waals surface area (Å²) >= 11 is 0. The molecule has 0 saturated heterocycles. The molecule has 0 bridgehead atoms. The molecule has 1 rings (SSSR count). The van der Waals surface area contributed by atoms with Gasteiger partial charge in [-0.25, -0.2) is 0 Å². The minimum Gasteiger partial charge on any atom is -0.481 e. The molecule has 0 aromatic heterocycles. The van der Waals surface area contributed by atoms with Gasteiger partial charge < -0.3 is 15.4 Å². The summed E-state index contributed by atoms with van der Waals surface area (Å²) in [4.78, 5) is 12.0. The van der Waals surface area contributed by atoms with Gasteiger partial charge in [-0.1, -0.05) is 25.5 Å². The summed E-state index contributed by atoms with van der Waals surface area (Å²) < 4.78 is 5.70. The van der Waals surface area contributed by atoms with Crippen molar-refractivity contribution in [3.05, 3.63) is 29.8 Å². The van der Waals surface area contributed by atoms with Crippen LogP contribution >= 0.6 is 0 Å². The Morgan fingerprint density at radius 3 is 2.75 bits per heavy atom. The van der Waals surface area contributed by atoms with E-state index in [9.17, 15) is 4.79 Å². The average molecular weight is 278 g/mol. The summed E-state index contributed by atoms with van der Waals surface area (Å²) in [6.45, 7) is 6.68. The summed E-state index contributed by atoms with van der Waals surface area (Å²) in [6.07, 6.45) is 1.55. The zero-order chi connectivity index (χ0) is 15.0. The molecule has 0 saturated carbocycles. The van der Waals surface area contributed by atoms with E-state index < -0.39 is 6.10 Å². The minimum atomic E-state index is -0.487. The highest BCUT2D eigenvalue weighted by atomic mass is 16.5. The molecule has 0 spiro atoms. The van der Waals surface area contributed by atoms with E-state index in [0.29, 0.717) is 0 Å². The second-order valence-corrected chi connectivity index (χ2v) is 5.14. The van der Waals surface area contributed by atoms with E-state index in [2.05, 4.69) is 17.6 Å². The first-order valence-electron chi connectivity index (χ1n) is 7.27. The molecule has 4 heteroatoms. The number of ether oxygens (including phenoxy) is 1. The van der Waals surface area contributed by atoms with Crippen molar-refractivity contribution in [3.63, 3.8) is 0 Å². The normalized spacial score (nSPS) is 13.6. The van der Waals surface area contributed by atoms with Crippen LogP contribution in [0.3, 0.4) is 0 Å². The van der Waals surface area contributed by atoms with Gasteiger partial charge in [-0.05, 0) is 45.0 Å². The molecular weight excluding hydrogens is 252 g/mol. The Morgan fingerprint density at radius 1 is 1.35 bits per heavy atom. The maximum absolute atomic E-state index is 12.0. The number of carbonyl (C=O) groups excluding carboxylic acids is 1. The molecule has 4 nitrogen and oxygen atoms in total. The highest BCUT2D eigenvalue weighted by Gasteiger charge is 2.16. The van der Waals surface area contributed by atoms with Crippen LogP contribution in [-0.4, -0.2) is 25.1 Å².